The molecular formula is C22H26ClFN2O3. The predicted molar refractivity (Wildman–Crippen MR) is 111 cm³/mol. The summed E-state index contributed by atoms with van der Waals surface area (Å²) >= 11 is 5.93. The fraction of sp³-hybridized carbons (Fsp3) is 0.364. The van der Waals surface area contributed by atoms with Crippen LogP contribution in [-0.4, -0.2) is 35.9 Å². The Morgan fingerprint density at radius 1 is 1.14 bits per heavy atom. The Labute approximate surface area is 175 Å². The van der Waals surface area contributed by atoms with Crippen molar-refractivity contribution in [1.82, 2.24) is 10.2 Å². The van der Waals surface area contributed by atoms with Crippen LogP contribution in [0.25, 0.3) is 0 Å². The molecule has 7 heteroatoms. The van der Waals surface area contributed by atoms with Gasteiger partial charge in [0.15, 0.2) is 6.61 Å². The maximum Gasteiger partial charge on any atom is 0.261 e. The quantitative estimate of drug-likeness (QED) is 0.586. The fourth-order valence-corrected chi connectivity index (χ4v) is 2.79. The van der Waals surface area contributed by atoms with E-state index in [1.807, 2.05) is 19.1 Å². The molecule has 0 saturated heterocycles. The Morgan fingerprint density at radius 2 is 1.79 bits per heavy atom. The fourth-order valence-electron chi connectivity index (χ4n) is 2.66. The third-order valence-corrected chi connectivity index (χ3v) is 4.69. The molecule has 2 amide bonds. The van der Waals surface area contributed by atoms with Crippen LogP contribution in [0.15, 0.2) is 48.5 Å². The Balaban J connectivity index is 2.08. The summed E-state index contributed by atoms with van der Waals surface area (Å²) in [4.78, 5) is 26.8. The normalized spacial score (nSPS) is 11.6. The highest BCUT2D eigenvalue weighted by molar-refractivity contribution is 6.30. The van der Waals surface area contributed by atoms with Gasteiger partial charge in [-0.1, -0.05) is 37.1 Å². The zero-order chi connectivity index (χ0) is 21.2. The molecule has 0 spiro atoms. The van der Waals surface area contributed by atoms with E-state index in [1.165, 1.54) is 29.2 Å². The van der Waals surface area contributed by atoms with Crippen molar-refractivity contribution in [2.24, 2.45) is 0 Å². The van der Waals surface area contributed by atoms with Gasteiger partial charge in [0.1, 0.15) is 17.6 Å². The van der Waals surface area contributed by atoms with Crippen molar-refractivity contribution in [1.29, 1.82) is 0 Å². The van der Waals surface area contributed by atoms with Crippen LogP contribution in [0, 0.1) is 5.82 Å². The first kappa shape index (κ1) is 22.7. The number of benzene rings is 2. The van der Waals surface area contributed by atoms with Gasteiger partial charge < -0.3 is 15.0 Å². The van der Waals surface area contributed by atoms with Crippen LogP contribution in [0.2, 0.25) is 5.02 Å². The molecule has 2 aromatic rings. The number of nitrogens with one attached hydrogen (secondary N) is 1. The number of hydrogen-bond donors (Lipinski definition) is 1. The molecule has 0 bridgehead atoms. The third kappa shape index (κ3) is 7.38. The van der Waals surface area contributed by atoms with E-state index in [0.29, 0.717) is 17.3 Å². The average Bonchev–Trinajstić information content (AvgIpc) is 2.72. The number of carbonyl (C=O) groups is 2. The second-order valence-electron chi connectivity index (χ2n) is 6.71. The van der Waals surface area contributed by atoms with E-state index in [4.69, 9.17) is 16.3 Å². The van der Waals surface area contributed by atoms with E-state index in [2.05, 4.69) is 5.32 Å². The summed E-state index contributed by atoms with van der Waals surface area (Å²) in [7, 11) is 0. The van der Waals surface area contributed by atoms with Crippen LogP contribution in [0.1, 0.15) is 32.3 Å². The number of rotatable bonds is 10. The Bertz CT molecular complexity index is 797. The summed E-state index contributed by atoms with van der Waals surface area (Å²) in [5, 5.41) is 3.45. The van der Waals surface area contributed by atoms with Crippen LogP contribution in [0.4, 0.5) is 4.39 Å². The van der Waals surface area contributed by atoms with Crippen LogP contribution < -0.4 is 10.1 Å². The maximum absolute atomic E-state index is 13.0. The molecule has 29 heavy (non-hydrogen) atoms. The molecule has 0 heterocycles. The largest absolute Gasteiger partial charge is 0.484 e. The van der Waals surface area contributed by atoms with Crippen molar-refractivity contribution in [3.63, 3.8) is 0 Å². The molecule has 2 aromatic carbocycles. The number of ether oxygens (including phenoxy) is 1. The lowest BCUT2D eigenvalue weighted by atomic mass is 10.1. The Morgan fingerprint density at radius 3 is 2.41 bits per heavy atom. The molecule has 1 atom stereocenters. The minimum absolute atomic E-state index is 0.220. The Kier molecular flexibility index (Phi) is 8.93. The van der Waals surface area contributed by atoms with Gasteiger partial charge in [-0.25, -0.2) is 4.39 Å². The molecule has 0 saturated carbocycles. The smallest absolute Gasteiger partial charge is 0.261 e. The third-order valence-electron chi connectivity index (χ3n) is 4.44. The molecule has 2 rings (SSSR count). The molecule has 0 fully saturated rings. The molecule has 0 aliphatic rings. The first-order valence-corrected chi connectivity index (χ1v) is 9.98. The van der Waals surface area contributed by atoms with E-state index in [-0.39, 0.29) is 30.8 Å². The molecule has 156 valence electrons. The molecule has 1 N–H and O–H groups in total. The lowest BCUT2D eigenvalue weighted by Crippen LogP contribution is -2.49. The van der Waals surface area contributed by atoms with Gasteiger partial charge in [0.05, 0.1) is 0 Å². The summed E-state index contributed by atoms with van der Waals surface area (Å²) in [5.41, 5.74) is 0.845. The van der Waals surface area contributed by atoms with Gasteiger partial charge in [0.25, 0.3) is 5.91 Å². The lowest BCUT2D eigenvalue weighted by Gasteiger charge is -2.28. The van der Waals surface area contributed by atoms with Gasteiger partial charge >= 0.3 is 0 Å². The van der Waals surface area contributed by atoms with Crippen molar-refractivity contribution >= 4 is 23.4 Å². The summed E-state index contributed by atoms with van der Waals surface area (Å²) in [6, 6.07) is 11.8. The minimum atomic E-state index is -0.674. The van der Waals surface area contributed by atoms with Gasteiger partial charge in [-0.3, -0.25) is 9.59 Å². The standard InChI is InChI=1S/C22H26ClFN2O3/c1-3-4-13-25-22(28)16(2)26(14-17-5-7-18(23)8-6-17)21(27)15-29-20-11-9-19(24)10-12-20/h5-12,16H,3-4,13-15H2,1-2H3,(H,25,28)/t16-/m1/s1. The highest BCUT2D eigenvalue weighted by Gasteiger charge is 2.26. The zero-order valence-electron chi connectivity index (χ0n) is 16.7. The highest BCUT2D eigenvalue weighted by Crippen LogP contribution is 2.15. The topological polar surface area (TPSA) is 58.6 Å². The SMILES string of the molecule is CCCCNC(=O)[C@@H](C)N(Cc1ccc(Cl)cc1)C(=O)COc1ccc(F)cc1. The summed E-state index contributed by atoms with van der Waals surface area (Å²) in [6.07, 6.45) is 1.84. The number of nitrogens with zero attached hydrogens (tertiary/aromatic N) is 1. The average molecular weight is 421 g/mol. The van der Waals surface area contributed by atoms with Gasteiger partial charge in [-0.15, -0.1) is 0 Å². The number of hydrogen-bond acceptors (Lipinski definition) is 3. The molecular weight excluding hydrogens is 395 g/mol. The maximum atomic E-state index is 13.0. The second kappa shape index (κ2) is 11.4. The summed E-state index contributed by atoms with van der Waals surface area (Å²) in [6.45, 7) is 4.28. The van der Waals surface area contributed by atoms with E-state index in [9.17, 15) is 14.0 Å². The van der Waals surface area contributed by atoms with E-state index in [1.54, 1.807) is 19.1 Å². The number of halogens is 2. The Hall–Kier alpha value is -2.60. The van der Waals surface area contributed by atoms with E-state index in [0.717, 1.165) is 18.4 Å². The molecule has 0 aliphatic carbocycles. The highest BCUT2D eigenvalue weighted by atomic mass is 35.5. The van der Waals surface area contributed by atoms with Gasteiger partial charge in [0, 0.05) is 18.1 Å². The monoisotopic (exact) mass is 420 g/mol. The lowest BCUT2D eigenvalue weighted by molar-refractivity contribution is -0.142. The number of amides is 2. The molecule has 0 radical (unpaired) electrons. The van der Waals surface area contributed by atoms with E-state index >= 15 is 0 Å². The zero-order valence-corrected chi connectivity index (χ0v) is 17.4. The van der Waals surface area contributed by atoms with Crippen LogP contribution >= 0.6 is 11.6 Å². The molecule has 0 aromatic heterocycles. The molecule has 5 nitrogen and oxygen atoms in total. The first-order chi connectivity index (χ1) is 13.9. The van der Waals surface area contributed by atoms with Crippen molar-refractivity contribution in [2.45, 2.75) is 39.3 Å². The van der Waals surface area contributed by atoms with Crippen LogP contribution in [0.5, 0.6) is 5.75 Å². The molecule has 0 aliphatic heterocycles. The summed E-state index contributed by atoms with van der Waals surface area (Å²) in [5.74, 6) is -0.568. The van der Waals surface area contributed by atoms with Crippen molar-refractivity contribution in [3.8, 4) is 5.75 Å². The van der Waals surface area contributed by atoms with Gasteiger partial charge in [-0.2, -0.15) is 0 Å². The van der Waals surface area contributed by atoms with Crippen molar-refractivity contribution in [2.75, 3.05) is 13.2 Å². The van der Waals surface area contributed by atoms with Crippen LogP contribution in [0.3, 0.4) is 0 Å². The van der Waals surface area contributed by atoms with Crippen molar-refractivity contribution in [3.05, 3.63) is 64.9 Å². The minimum Gasteiger partial charge on any atom is -0.484 e. The van der Waals surface area contributed by atoms with E-state index < -0.39 is 6.04 Å². The number of unbranched alkanes of at least 4 members (excludes halogenated alkanes) is 1. The van der Waals surface area contributed by atoms with Gasteiger partial charge in [-0.05, 0) is 55.3 Å². The first-order valence-electron chi connectivity index (χ1n) is 9.60. The predicted octanol–water partition coefficient (Wildman–Crippen LogP) is 4.19. The molecule has 0 unspecified atom stereocenters. The van der Waals surface area contributed by atoms with Crippen LogP contribution in [-0.2, 0) is 16.1 Å². The number of carbonyl (C=O) groups excluding carboxylic acids is 2. The second-order valence-corrected chi connectivity index (χ2v) is 7.15. The summed E-state index contributed by atoms with van der Waals surface area (Å²) < 4.78 is 18.5. The van der Waals surface area contributed by atoms with Crippen molar-refractivity contribution < 1.29 is 18.7 Å². The van der Waals surface area contributed by atoms with Gasteiger partial charge in [0.2, 0.25) is 5.91 Å².